The number of rotatable bonds is 1. The van der Waals surface area contributed by atoms with Crippen molar-refractivity contribution in [2.75, 3.05) is 10.6 Å². The number of aromatic nitrogens is 1. The summed E-state index contributed by atoms with van der Waals surface area (Å²) in [5.41, 5.74) is 7.61. The highest BCUT2D eigenvalue weighted by Crippen LogP contribution is 2.28. The van der Waals surface area contributed by atoms with Crippen molar-refractivity contribution < 1.29 is 0 Å². The van der Waals surface area contributed by atoms with Gasteiger partial charge in [0, 0.05) is 11.9 Å². The Hall–Kier alpha value is -1.62. The van der Waals surface area contributed by atoms with E-state index in [4.69, 9.17) is 18.0 Å². The van der Waals surface area contributed by atoms with Crippen LogP contribution in [0.2, 0.25) is 0 Å². The van der Waals surface area contributed by atoms with Gasteiger partial charge in [0.05, 0.1) is 11.2 Å². The van der Waals surface area contributed by atoms with Gasteiger partial charge in [0.1, 0.15) is 5.82 Å². The second-order valence-corrected chi connectivity index (χ2v) is 5.07. The Labute approximate surface area is 107 Å². The molecule has 0 bridgehead atoms. The van der Waals surface area contributed by atoms with Gasteiger partial charge in [-0.3, -0.25) is 4.90 Å². The first-order chi connectivity index (χ1) is 7.91. The average Bonchev–Trinajstić information content (AvgIpc) is 2.17. The zero-order valence-electron chi connectivity index (χ0n) is 10.2. The molecule has 4 nitrogen and oxygen atoms in total. The van der Waals surface area contributed by atoms with Crippen LogP contribution in [0.1, 0.15) is 20.8 Å². The fraction of sp³-hybridized carbons (Fsp3) is 0.333. The highest BCUT2D eigenvalue weighted by molar-refractivity contribution is 7.80. The lowest BCUT2D eigenvalue weighted by Crippen LogP contribution is -2.53. The van der Waals surface area contributed by atoms with Crippen LogP contribution in [0.5, 0.6) is 0 Å². The number of nitrogens with one attached hydrogen (secondary N) is 1. The van der Waals surface area contributed by atoms with Crippen LogP contribution < -0.4 is 16.0 Å². The van der Waals surface area contributed by atoms with Gasteiger partial charge < -0.3 is 11.1 Å². The molecule has 1 aliphatic rings. The van der Waals surface area contributed by atoms with Crippen molar-refractivity contribution in [3.63, 3.8) is 0 Å². The maximum absolute atomic E-state index is 5.88. The number of anilines is 2. The van der Waals surface area contributed by atoms with E-state index in [0.29, 0.717) is 10.9 Å². The largest absolute Gasteiger partial charge is 0.382 e. The number of pyridine rings is 1. The molecule has 90 valence electrons. The Morgan fingerprint density at radius 2 is 2.18 bits per heavy atom. The molecule has 2 rings (SSSR count). The molecule has 0 radical (unpaired) electrons. The molecule has 0 saturated carbocycles. The van der Waals surface area contributed by atoms with E-state index in [-0.39, 0.29) is 5.54 Å². The van der Waals surface area contributed by atoms with Crippen molar-refractivity contribution in [2.24, 2.45) is 0 Å². The SMILES string of the molecule is CC1=CC(C)(C)NC(=S)N1c1cccnc1N. The molecule has 0 unspecified atom stereocenters. The number of thiocarbonyl (C=S) groups is 1. The summed E-state index contributed by atoms with van der Waals surface area (Å²) in [4.78, 5) is 5.99. The molecule has 0 saturated heterocycles. The second kappa shape index (κ2) is 4.00. The van der Waals surface area contributed by atoms with Crippen molar-refractivity contribution >= 4 is 28.8 Å². The van der Waals surface area contributed by atoms with Gasteiger partial charge in [-0.2, -0.15) is 0 Å². The van der Waals surface area contributed by atoms with Crippen LogP contribution in [0.4, 0.5) is 11.5 Å². The first-order valence-electron chi connectivity index (χ1n) is 5.43. The van der Waals surface area contributed by atoms with Crippen molar-refractivity contribution in [3.05, 3.63) is 30.1 Å². The Morgan fingerprint density at radius 3 is 2.76 bits per heavy atom. The fourth-order valence-electron chi connectivity index (χ4n) is 2.01. The first kappa shape index (κ1) is 11.9. The number of nitrogens with zero attached hydrogens (tertiary/aromatic N) is 2. The Morgan fingerprint density at radius 1 is 1.47 bits per heavy atom. The summed E-state index contributed by atoms with van der Waals surface area (Å²) >= 11 is 5.39. The molecule has 0 aromatic carbocycles. The molecule has 0 spiro atoms. The third kappa shape index (κ3) is 2.24. The van der Waals surface area contributed by atoms with Crippen molar-refractivity contribution in [1.29, 1.82) is 0 Å². The van der Waals surface area contributed by atoms with E-state index in [2.05, 4.69) is 30.2 Å². The molecule has 0 fully saturated rings. The molecule has 1 aromatic heterocycles. The summed E-state index contributed by atoms with van der Waals surface area (Å²) in [6.07, 6.45) is 3.79. The van der Waals surface area contributed by atoms with Crippen molar-refractivity contribution in [1.82, 2.24) is 10.3 Å². The fourth-order valence-corrected chi connectivity index (χ4v) is 2.52. The van der Waals surface area contributed by atoms with Crippen LogP contribution in [0.15, 0.2) is 30.1 Å². The standard InChI is InChI=1S/C12H16N4S/c1-8-7-12(2,3)15-11(17)16(8)9-5-4-6-14-10(9)13/h4-7H,1-3H3,(H2,13,14)(H,15,17). The number of nitrogens with two attached hydrogens (primary N) is 1. The van der Waals surface area contributed by atoms with Crippen LogP contribution in [-0.2, 0) is 0 Å². The number of hydrogen-bond acceptors (Lipinski definition) is 3. The minimum absolute atomic E-state index is 0.130. The molecule has 1 aliphatic heterocycles. The first-order valence-corrected chi connectivity index (χ1v) is 5.84. The van der Waals surface area contributed by atoms with Crippen molar-refractivity contribution in [2.45, 2.75) is 26.3 Å². The summed E-state index contributed by atoms with van der Waals surface area (Å²) in [6.45, 7) is 6.17. The summed E-state index contributed by atoms with van der Waals surface area (Å²) in [5, 5.41) is 3.91. The minimum Gasteiger partial charge on any atom is -0.382 e. The number of hydrogen-bond donors (Lipinski definition) is 2. The number of nitrogen functional groups attached to an aromatic ring is 1. The molecule has 0 atom stereocenters. The van der Waals surface area contributed by atoms with Crippen LogP contribution >= 0.6 is 12.2 Å². The summed E-state index contributed by atoms with van der Waals surface area (Å²) in [6, 6.07) is 3.76. The summed E-state index contributed by atoms with van der Waals surface area (Å²) < 4.78 is 0. The molecule has 1 aromatic rings. The summed E-state index contributed by atoms with van der Waals surface area (Å²) in [5.74, 6) is 0.476. The van der Waals surface area contributed by atoms with E-state index < -0.39 is 0 Å². The van der Waals surface area contributed by atoms with Gasteiger partial charge >= 0.3 is 0 Å². The topological polar surface area (TPSA) is 54.2 Å². The van der Waals surface area contributed by atoms with Crippen LogP contribution in [0, 0.1) is 0 Å². The van der Waals surface area contributed by atoms with Gasteiger partial charge in [0.2, 0.25) is 0 Å². The zero-order valence-corrected chi connectivity index (χ0v) is 11.0. The molecule has 0 amide bonds. The lowest BCUT2D eigenvalue weighted by Gasteiger charge is -2.38. The van der Waals surface area contributed by atoms with Gasteiger partial charge in [-0.05, 0) is 51.2 Å². The Balaban J connectivity index is 2.47. The maximum Gasteiger partial charge on any atom is 0.178 e. The normalized spacial score (nSPS) is 18.6. The van der Waals surface area contributed by atoms with Gasteiger partial charge in [-0.15, -0.1) is 0 Å². The molecule has 3 N–H and O–H groups in total. The van der Waals surface area contributed by atoms with E-state index in [1.54, 1.807) is 6.20 Å². The van der Waals surface area contributed by atoms with Gasteiger partial charge in [0.25, 0.3) is 0 Å². The zero-order chi connectivity index (χ0) is 12.6. The third-order valence-corrected chi connectivity index (χ3v) is 2.90. The Bertz CT molecular complexity index is 493. The molecule has 5 heteroatoms. The lowest BCUT2D eigenvalue weighted by molar-refractivity contribution is 0.560. The molecular formula is C12H16N4S. The lowest BCUT2D eigenvalue weighted by atomic mass is 10.0. The van der Waals surface area contributed by atoms with E-state index >= 15 is 0 Å². The quantitative estimate of drug-likeness (QED) is 0.745. The van der Waals surface area contributed by atoms with Crippen LogP contribution in [0.3, 0.4) is 0 Å². The third-order valence-electron chi connectivity index (χ3n) is 2.61. The highest BCUT2D eigenvalue weighted by atomic mass is 32.1. The summed E-state index contributed by atoms with van der Waals surface area (Å²) in [7, 11) is 0. The molecule has 17 heavy (non-hydrogen) atoms. The second-order valence-electron chi connectivity index (χ2n) is 4.68. The molecule has 2 heterocycles. The van der Waals surface area contributed by atoms with E-state index in [1.807, 2.05) is 24.0 Å². The van der Waals surface area contributed by atoms with E-state index in [0.717, 1.165) is 11.4 Å². The van der Waals surface area contributed by atoms with Crippen molar-refractivity contribution in [3.8, 4) is 0 Å². The predicted octanol–water partition coefficient (Wildman–Crippen LogP) is 2.04. The monoisotopic (exact) mass is 248 g/mol. The Kier molecular flexibility index (Phi) is 2.79. The van der Waals surface area contributed by atoms with Crippen LogP contribution in [0.25, 0.3) is 0 Å². The molecular weight excluding hydrogens is 232 g/mol. The number of allylic oxidation sites excluding steroid dienone is 1. The van der Waals surface area contributed by atoms with Gasteiger partial charge in [-0.25, -0.2) is 4.98 Å². The predicted molar refractivity (Wildman–Crippen MR) is 74.7 cm³/mol. The van der Waals surface area contributed by atoms with Gasteiger partial charge in [-0.1, -0.05) is 0 Å². The maximum atomic E-state index is 5.88. The van der Waals surface area contributed by atoms with E-state index in [9.17, 15) is 0 Å². The van der Waals surface area contributed by atoms with E-state index in [1.165, 1.54) is 0 Å². The highest BCUT2D eigenvalue weighted by Gasteiger charge is 2.28. The average molecular weight is 248 g/mol. The minimum atomic E-state index is -0.130. The smallest absolute Gasteiger partial charge is 0.178 e. The molecule has 0 aliphatic carbocycles. The van der Waals surface area contributed by atoms with Gasteiger partial charge in [0.15, 0.2) is 5.11 Å². The van der Waals surface area contributed by atoms with Crippen LogP contribution in [-0.4, -0.2) is 15.6 Å².